The zero-order chi connectivity index (χ0) is 6.55. The predicted octanol–water partition coefficient (Wildman–Crippen LogP) is 2.34. The van der Waals surface area contributed by atoms with Crippen LogP contribution in [0, 0.1) is 0 Å². The maximum absolute atomic E-state index is 5.05. The molecule has 1 nitrogen and oxygen atoms in total. The van der Waals surface area contributed by atoms with Gasteiger partial charge in [0.05, 0.1) is 12.5 Å². The lowest BCUT2D eigenvalue weighted by molar-refractivity contribution is 0.572. The van der Waals surface area contributed by atoms with Crippen molar-refractivity contribution in [2.45, 2.75) is 6.42 Å². The van der Waals surface area contributed by atoms with Crippen molar-refractivity contribution in [1.29, 1.82) is 0 Å². The molecule has 10 heavy (non-hydrogen) atoms. The molecule has 0 saturated heterocycles. The minimum Gasteiger partial charge on any atom is -0.471 e. The molecule has 1 aliphatic carbocycles. The van der Waals surface area contributed by atoms with E-state index in [0.717, 1.165) is 0 Å². The molecule has 1 aromatic carbocycles. The summed E-state index contributed by atoms with van der Waals surface area (Å²) in [6.45, 7) is 0. The molecule has 0 radical (unpaired) electrons. The van der Waals surface area contributed by atoms with Crippen LogP contribution in [0.3, 0.4) is 0 Å². The average Bonchev–Trinajstić information content (AvgIpc) is 2.52. The summed E-state index contributed by atoms with van der Waals surface area (Å²) in [6, 6.07) is 4.41. The van der Waals surface area contributed by atoms with Gasteiger partial charge in [0.15, 0.2) is 0 Å². The molecule has 1 aliphatic rings. The fourth-order valence-corrected chi connectivity index (χ4v) is 1.38. The van der Waals surface area contributed by atoms with Crippen LogP contribution in [0.5, 0.6) is 0 Å². The molecule has 1 aromatic heterocycles. The first-order valence-electron chi connectivity index (χ1n) is 3.41. The Morgan fingerprint density at radius 1 is 1.00 bits per heavy atom. The number of benzene rings is 1. The highest BCUT2D eigenvalue weighted by Crippen LogP contribution is 2.32. The van der Waals surface area contributed by atoms with E-state index in [0.29, 0.717) is 0 Å². The average molecular weight is 130 g/mol. The standard InChI is InChI=1S/C9H6O/c1-6-2-8-4-10-5-9(8)3-7(1)6/h2-5H,1H2. The molecular formula is C9H6O. The molecule has 0 spiro atoms. The van der Waals surface area contributed by atoms with Crippen LogP contribution in [0.4, 0.5) is 0 Å². The second kappa shape index (κ2) is 1.26. The van der Waals surface area contributed by atoms with Crippen LogP contribution in [0.25, 0.3) is 10.8 Å². The van der Waals surface area contributed by atoms with Gasteiger partial charge in [-0.25, -0.2) is 0 Å². The fraction of sp³-hybridized carbons (Fsp3) is 0.111. The maximum Gasteiger partial charge on any atom is 0.0981 e. The van der Waals surface area contributed by atoms with Crippen molar-refractivity contribution < 1.29 is 4.42 Å². The number of rotatable bonds is 0. The van der Waals surface area contributed by atoms with E-state index >= 15 is 0 Å². The van der Waals surface area contributed by atoms with Crippen molar-refractivity contribution >= 4 is 10.8 Å². The second-order valence-corrected chi connectivity index (χ2v) is 2.80. The van der Waals surface area contributed by atoms with Crippen LogP contribution in [-0.2, 0) is 6.42 Å². The van der Waals surface area contributed by atoms with Gasteiger partial charge in [0.25, 0.3) is 0 Å². The third-order valence-electron chi connectivity index (χ3n) is 2.05. The quantitative estimate of drug-likeness (QED) is 0.455. The Kier molecular flexibility index (Phi) is 0.575. The first kappa shape index (κ1) is 4.56. The summed E-state index contributed by atoms with van der Waals surface area (Å²) in [5, 5.41) is 2.47. The van der Waals surface area contributed by atoms with Gasteiger partial charge in [0.1, 0.15) is 0 Å². The second-order valence-electron chi connectivity index (χ2n) is 2.80. The Morgan fingerprint density at radius 3 is 2.20 bits per heavy atom. The Labute approximate surface area is 58.3 Å². The van der Waals surface area contributed by atoms with Crippen LogP contribution in [-0.4, -0.2) is 0 Å². The molecular weight excluding hydrogens is 124 g/mol. The number of hydrogen-bond acceptors (Lipinski definition) is 1. The lowest BCUT2D eigenvalue weighted by Gasteiger charge is -1.79. The third-order valence-corrected chi connectivity index (χ3v) is 2.05. The molecule has 0 fully saturated rings. The van der Waals surface area contributed by atoms with Crippen molar-refractivity contribution in [2.24, 2.45) is 0 Å². The first-order chi connectivity index (χ1) is 4.93. The van der Waals surface area contributed by atoms with Gasteiger partial charge < -0.3 is 4.42 Å². The van der Waals surface area contributed by atoms with Crippen LogP contribution >= 0.6 is 0 Å². The minimum atomic E-state index is 1.19. The Hall–Kier alpha value is -1.24. The molecule has 3 rings (SSSR count). The zero-order valence-electron chi connectivity index (χ0n) is 5.42. The minimum absolute atomic E-state index is 1.19. The smallest absolute Gasteiger partial charge is 0.0981 e. The van der Waals surface area contributed by atoms with Gasteiger partial charge in [-0.15, -0.1) is 0 Å². The van der Waals surface area contributed by atoms with Crippen LogP contribution in [0.15, 0.2) is 29.1 Å². The summed E-state index contributed by atoms with van der Waals surface area (Å²) < 4.78 is 5.05. The van der Waals surface area contributed by atoms with Gasteiger partial charge >= 0.3 is 0 Å². The summed E-state index contributed by atoms with van der Waals surface area (Å²) in [7, 11) is 0. The van der Waals surface area contributed by atoms with Crippen molar-refractivity contribution in [1.82, 2.24) is 0 Å². The van der Waals surface area contributed by atoms with E-state index in [1.54, 1.807) is 12.5 Å². The topological polar surface area (TPSA) is 13.1 Å². The molecule has 0 bridgehead atoms. The van der Waals surface area contributed by atoms with Crippen molar-refractivity contribution in [3.05, 3.63) is 35.8 Å². The third kappa shape index (κ3) is 0.433. The lowest BCUT2D eigenvalue weighted by Crippen LogP contribution is -1.58. The Bertz CT molecular complexity index is 362. The van der Waals surface area contributed by atoms with Gasteiger partial charge in [-0.1, -0.05) is 0 Å². The van der Waals surface area contributed by atoms with Gasteiger partial charge in [-0.2, -0.15) is 0 Å². The highest BCUT2D eigenvalue weighted by atomic mass is 16.3. The molecule has 0 amide bonds. The van der Waals surface area contributed by atoms with E-state index in [9.17, 15) is 0 Å². The van der Waals surface area contributed by atoms with Gasteiger partial charge in [-0.05, 0) is 29.7 Å². The summed E-state index contributed by atoms with van der Waals surface area (Å²) in [4.78, 5) is 0. The van der Waals surface area contributed by atoms with E-state index in [4.69, 9.17) is 4.42 Å². The van der Waals surface area contributed by atoms with Gasteiger partial charge in [0, 0.05) is 10.8 Å². The molecule has 0 atom stereocenters. The monoisotopic (exact) mass is 130 g/mol. The summed E-state index contributed by atoms with van der Waals surface area (Å²) >= 11 is 0. The fourth-order valence-electron chi connectivity index (χ4n) is 1.38. The highest BCUT2D eigenvalue weighted by Gasteiger charge is 2.16. The Morgan fingerprint density at radius 2 is 1.60 bits per heavy atom. The molecule has 0 unspecified atom stereocenters. The van der Waals surface area contributed by atoms with E-state index in [1.165, 1.54) is 28.3 Å². The molecule has 1 heteroatoms. The summed E-state index contributed by atoms with van der Waals surface area (Å²) in [5.74, 6) is 0. The molecule has 0 N–H and O–H groups in total. The van der Waals surface area contributed by atoms with E-state index in [2.05, 4.69) is 12.1 Å². The van der Waals surface area contributed by atoms with Gasteiger partial charge in [-0.3, -0.25) is 0 Å². The van der Waals surface area contributed by atoms with E-state index in [-0.39, 0.29) is 0 Å². The van der Waals surface area contributed by atoms with Crippen molar-refractivity contribution in [3.63, 3.8) is 0 Å². The van der Waals surface area contributed by atoms with E-state index in [1.807, 2.05) is 0 Å². The normalized spacial score (nSPS) is 13.6. The molecule has 1 heterocycles. The molecule has 2 aromatic rings. The SMILES string of the molecule is c1occ2cc3c(cc12)C3. The molecule has 0 saturated carbocycles. The number of fused-ring (bicyclic) bond motifs is 2. The Balaban J connectivity index is 2.58. The van der Waals surface area contributed by atoms with Crippen molar-refractivity contribution in [3.8, 4) is 0 Å². The van der Waals surface area contributed by atoms with E-state index < -0.39 is 0 Å². The lowest BCUT2D eigenvalue weighted by atomic mass is 10.2. The van der Waals surface area contributed by atoms with Gasteiger partial charge in [0.2, 0.25) is 0 Å². The number of hydrogen-bond donors (Lipinski definition) is 0. The number of furan rings is 1. The molecule has 48 valence electrons. The van der Waals surface area contributed by atoms with Crippen LogP contribution < -0.4 is 0 Å². The summed E-state index contributed by atoms with van der Waals surface area (Å²) in [5.41, 5.74) is 2.96. The maximum atomic E-state index is 5.05. The predicted molar refractivity (Wildman–Crippen MR) is 39.0 cm³/mol. The van der Waals surface area contributed by atoms with Crippen molar-refractivity contribution in [2.75, 3.05) is 0 Å². The van der Waals surface area contributed by atoms with Crippen LogP contribution in [0.2, 0.25) is 0 Å². The summed E-state index contributed by atoms with van der Waals surface area (Å²) in [6.07, 6.45) is 4.79. The largest absolute Gasteiger partial charge is 0.471 e. The highest BCUT2D eigenvalue weighted by molar-refractivity contribution is 5.85. The zero-order valence-corrected chi connectivity index (χ0v) is 5.42. The first-order valence-corrected chi connectivity index (χ1v) is 3.41. The molecule has 0 aliphatic heterocycles. The van der Waals surface area contributed by atoms with Crippen LogP contribution in [0.1, 0.15) is 11.1 Å².